The number of aryl methyl sites for hydroxylation is 1. The first-order chi connectivity index (χ1) is 8.18. The zero-order valence-electron chi connectivity index (χ0n) is 9.21. The lowest BCUT2D eigenvalue weighted by Crippen LogP contribution is -1.87. The molecule has 0 saturated heterocycles. The molecule has 0 aliphatic carbocycles. The summed E-state index contributed by atoms with van der Waals surface area (Å²) in [5.74, 6) is -0.269. The molecule has 0 aliphatic rings. The minimum absolute atomic E-state index is 0.269. The fraction of sp³-hybridized carbons (Fsp3) is 0.0833. The van der Waals surface area contributed by atoms with E-state index in [1.807, 2.05) is 13.0 Å². The van der Waals surface area contributed by atoms with E-state index in [2.05, 4.69) is 15.2 Å². The summed E-state index contributed by atoms with van der Waals surface area (Å²) in [6.45, 7) is 1.88. The first-order valence-electron chi connectivity index (χ1n) is 5.24. The van der Waals surface area contributed by atoms with Crippen LogP contribution in [0.3, 0.4) is 0 Å². The Labute approximate surface area is 96.6 Å². The van der Waals surface area contributed by atoms with E-state index in [1.54, 1.807) is 12.3 Å². The molecule has 17 heavy (non-hydrogen) atoms. The largest absolute Gasteiger partial charge is 0.396 e. The minimum Gasteiger partial charge on any atom is -0.396 e. The van der Waals surface area contributed by atoms with Gasteiger partial charge in [0.2, 0.25) is 0 Å². The van der Waals surface area contributed by atoms with Gasteiger partial charge in [-0.2, -0.15) is 5.10 Å². The summed E-state index contributed by atoms with van der Waals surface area (Å²) in [5, 5.41) is 7.54. The molecule has 1 aromatic carbocycles. The molecule has 0 atom stereocenters. The smallest absolute Gasteiger partial charge is 0.147 e. The third kappa shape index (κ3) is 1.32. The number of nitrogens with two attached hydrogens (primary N) is 1. The van der Waals surface area contributed by atoms with E-state index >= 15 is 0 Å². The van der Waals surface area contributed by atoms with Gasteiger partial charge in [0.15, 0.2) is 0 Å². The predicted octanol–water partition coefficient (Wildman–Crippen LogP) is 2.59. The molecular weight excluding hydrogens is 219 g/mol. The fourth-order valence-electron chi connectivity index (χ4n) is 2.13. The quantitative estimate of drug-likeness (QED) is 0.601. The minimum atomic E-state index is -0.269. The Morgan fingerprint density at radius 1 is 1.35 bits per heavy atom. The van der Waals surface area contributed by atoms with Gasteiger partial charge in [0, 0.05) is 16.6 Å². The van der Waals surface area contributed by atoms with Crippen molar-refractivity contribution in [2.24, 2.45) is 0 Å². The molecule has 0 amide bonds. The molecule has 0 radical (unpaired) electrons. The van der Waals surface area contributed by atoms with Gasteiger partial charge in [-0.1, -0.05) is 12.1 Å². The number of rotatable bonds is 1. The zero-order chi connectivity index (χ0) is 12.0. The second-order valence-corrected chi connectivity index (χ2v) is 3.99. The lowest BCUT2D eigenvalue weighted by molar-refractivity contribution is 0.637. The summed E-state index contributed by atoms with van der Waals surface area (Å²) in [7, 11) is 0. The maximum absolute atomic E-state index is 13.6. The van der Waals surface area contributed by atoms with Crippen molar-refractivity contribution in [3.8, 4) is 11.3 Å². The highest BCUT2D eigenvalue weighted by molar-refractivity contribution is 5.99. The van der Waals surface area contributed by atoms with E-state index in [1.165, 1.54) is 6.07 Å². The average Bonchev–Trinajstić information content (AvgIpc) is 2.83. The lowest BCUT2D eigenvalue weighted by Gasteiger charge is -1.99. The third-order valence-corrected chi connectivity index (χ3v) is 2.89. The SMILES string of the molecule is Cc1[nH]c2c(F)cccc2c1-c1[nH]ncc1N. The van der Waals surface area contributed by atoms with Crippen molar-refractivity contribution < 1.29 is 4.39 Å². The van der Waals surface area contributed by atoms with E-state index in [0.29, 0.717) is 11.2 Å². The summed E-state index contributed by atoms with van der Waals surface area (Å²) in [4.78, 5) is 3.03. The Morgan fingerprint density at radius 3 is 2.88 bits per heavy atom. The molecular formula is C12H11FN4. The number of para-hydroxylation sites is 1. The van der Waals surface area contributed by atoms with Gasteiger partial charge in [0.1, 0.15) is 5.82 Å². The highest BCUT2D eigenvalue weighted by atomic mass is 19.1. The van der Waals surface area contributed by atoms with Crippen LogP contribution in [0.2, 0.25) is 0 Å². The number of fused-ring (bicyclic) bond motifs is 1. The highest BCUT2D eigenvalue weighted by Crippen LogP contribution is 2.34. The number of hydrogen-bond acceptors (Lipinski definition) is 2. The van der Waals surface area contributed by atoms with Crippen LogP contribution < -0.4 is 5.73 Å². The lowest BCUT2D eigenvalue weighted by atomic mass is 10.1. The van der Waals surface area contributed by atoms with Crippen LogP contribution in [-0.2, 0) is 0 Å². The molecule has 0 saturated carbocycles. The summed E-state index contributed by atoms with van der Waals surface area (Å²) in [6, 6.07) is 4.97. The Morgan fingerprint density at radius 2 is 2.18 bits per heavy atom. The molecule has 5 heteroatoms. The maximum atomic E-state index is 13.6. The van der Waals surface area contributed by atoms with Crippen LogP contribution in [0.15, 0.2) is 24.4 Å². The molecule has 2 aromatic heterocycles. The van der Waals surface area contributed by atoms with Crippen molar-refractivity contribution in [1.82, 2.24) is 15.2 Å². The zero-order valence-corrected chi connectivity index (χ0v) is 9.21. The molecule has 0 unspecified atom stereocenters. The average molecular weight is 230 g/mol. The number of halogens is 1. The number of benzene rings is 1. The Kier molecular flexibility index (Phi) is 1.95. The van der Waals surface area contributed by atoms with Gasteiger partial charge >= 0.3 is 0 Å². The van der Waals surface area contributed by atoms with Crippen LogP contribution in [0.4, 0.5) is 10.1 Å². The van der Waals surface area contributed by atoms with Crippen LogP contribution in [0.25, 0.3) is 22.2 Å². The normalized spacial score (nSPS) is 11.2. The molecule has 4 N–H and O–H groups in total. The molecule has 4 nitrogen and oxygen atoms in total. The summed E-state index contributed by atoms with van der Waals surface area (Å²) < 4.78 is 13.6. The molecule has 2 heterocycles. The summed E-state index contributed by atoms with van der Waals surface area (Å²) >= 11 is 0. The predicted molar refractivity (Wildman–Crippen MR) is 65.0 cm³/mol. The van der Waals surface area contributed by atoms with E-state index < -0.39 is 0 Å². The van der Waals surface area contributed by atoms with Gasteiger partial charge in [-0.3, -0.25) is 5.10 Å². The summed E-state index contributed by atoms with van der Waals surface area (Å²) in [5.41, 5.74) is 9.33. The van der Waals surface area contributed by atoms with Gasteiger partial charge in [0.25, 0.3) is 0 Å². The standard InChI is InChI=1S/C12H11FN4/c1-6-10(12-9(14)5-15-17-12)7-3-2-4-8(13)11(7)16-6/h2-5,16H,14H2,1H3,(H,15,17). The van der Waals surface area contributed by atoms with Gasteiger partial charge in [-0.15, -0.1) is 0 Å². The first-order valence-corrected chi connectivity index (χ1v) is 5.24. The van der Waals surface area contributed by atoms with Crippen LogP contribution >= 0.6 is 0 Å². The van der Waals surface area contributed by atoms with Crippen LogP contribution in [0.5, 0.6) is 0 Å². The monoisotopic (exact) mass is 230 g/mol. The number of H-pyrrole nitrogens is 2. The number of aromatic nitrogens is 3. The van der Waals surface area contributed by atoms with Crippen molar-refractivity contribution >= 4 is 16.6 Å². The number of hydrogen-bond donors (Lipinski definition) is 3. The number of nitrogen functional groups attached to an aromatic ring is 1. The molecule has 0 fully saturated rings. The van der Waals surface area contributed by atoms with E-state index in [4.69, 9.17) is 5.73 Å². The molecule has 3 aromatic rings. The Hall–Kier alpha value is -2.30. The second kappa shape index (κ2) is 3.35. The Bertz CT molecular complexity index is 696. The van der Waals surface area contributed by atoms with E-state index in [0.717, 1.165) is 22.3 Å². The molecule has 0 bridgehead atoms. The second-order valence-electron chi connectivity index (χ2n) is 3.99. The number of nitrogens with one attached hydrogen (secondary N) is 2. The van der Waals surface area contributed by atoms with Crippen molar-refractivity contribution in [3.05, 3.63) is 35.9 Å². The number of nitrogens with zero attached hydrogens (tertiary/aromatic N) is 1. The third-order valence-electron chi connectivity index (χ3n) is 2.89. The molecule has 86 valence electrons. The van der Waals surface area contributed by atoms with Crippen LogP contribution in [0, 0.1) is 12.7 Å². The van der Waals surface area contributed by atoms with Gasteiger partial charge < -0.3 is 10.7 Å². The first kappa shape index (κ1) is 9.89. The summed E-state index contributed by atoms with van der Waals surface area (Å²) in [6.07, 6.45) is 1.55. The number of aromatic amines is 2. The molecule has 0 spiro atoms. The molecule has 3 rings (SSSR count). The van der Waals surface area contributed by atoms with Crippen molar-refractivity contribution in [2.45, 2.75) is 6.92 Å². The van der Waals surface area contributed by atoms with Crippen molar-refractivity contribution in [1.29, 1.82) is 0 Å². The van der Waals surface area contributed by atoms with E-state index in [-0.39, 0.29) is 5.82 Å². The van der Waals surface area contributed by atoms with Gasteiger partial charge in [-0.25, -0.2) is 4.39 Å². The van der Waals surface area contributed by atoms with E-state index in [9.17, 15) is 4.39 Å². The fourth-order valence-corrected chi connectivity index (χ4v) is 2.13. The number of anilines is 1. The van der Waals surface area contributed by atoms with Crippen LogP contribution in [-0.4, -0.2) is 15.2 Å². The van der Waals surface area contributed by atoms with Crippen molar-refractivity contribution in [2.75, 3.05) is 5.73 Å². The van der Waals surface area contributed by atoms with Crippen molar-refractivity contribution in [3.63, 3.8) is 0 Å². The highest BCUT2D eigenvalue weighted by Gasteiger charge is 2.15. The topological polar surface area (TPSA) is 70.5 Å². The Balaban J connectivity index is 2.41. The van der Waals surface area contributed by atoms with Gasteiger partial charge in [0.05, 0.1) is 23.1 Å². The maximum Gasteiger partial charge on any atom is 0.147 e. The van der Waals surface area contributed by atoms with Gasteiger partial charge in [-0.05, 0) is 13.0 Å². The molecule has 0 aliphatic heterocycles. The van der Waals surface area contributed by atoms with Crippen LogP contribution in [0.1, 0.15) is 5.69 Å².